The standard InChI is InChI=1S/C28H31N5O4S/c1-19(2)16-26(33-38(35,36)23-14-8-20(3)9-15-23)28(34)32-29-17-21-10-12-22(13-11-21)37-18-27-30-24-6-4-5-7-25(24)31-27/h4-15,17,19,26,33H,16,18H2,1-3H3,(H,30,31)(H,32,34)/b29-17-/t26-/m0/s1. The van der Waals surface area contributed by atoms with Gasteiger partial charge in [-0.05, 0) is 73.4 Å². The van der Waals surface area contributed by atoms with Gasteiger partial charge in [0.25, 0.3) is 5.91 Å². The van der Waals surface area contributed by atoms with Crippen molar-refractivity contribution in [3.05, 3.63) is 89.7 Å². The number of aryl methyl sites for hydroxylation is 1. The molecule has 1 atom stereocenters. The van der Waals surface area contributed by atoms with Crippen molar-refractivity contribution < 1.29 is 17.9 Å². The third kappa shape index (κ3) is 7.27. The predicted octanol–water partition coefficient (Wildman–Crippen LogP) is 4.29. The minimum atomic E-state index is -3.87. The molecule has 0 radical (unpaired) electrons. The highest BCUT2D eigenvalue weighted by atomic mass is 32.2. The number of ether oxygens (including phenoxy) is 1. The normalized spacial score (nSPS) is 12.7. The van der Waals surface area contributed by atoms with Gasteiger partial charge in [-0.15, -0.1) is 0 Å². The molecule has 0 aliphatic carbocycles. The molecule has 4 rings (SSSR count). The number of hydrogen-bond donors (Lipinski definition) is 3. The van der Waals surface area contributed by atoms with Gasteiger partial charge in [0.1, 0.15) is 24.2 Å². The van der Waals surface area contributed by atoms with Crippen LogP contribution in [0.1, 0.15) is 37.2 Å². The van der Waals surface area contributed by atoms with E-state index < -0.39 is 22.0 Å². The molecule has 1 amide bonds. The molecule has 0 spiro atoms. The van der Waals surface area contributed by atoms with Crippen LogP contribution in [0.2, 0.25) is 0 Å². The number of nitrogens with zero attached hydrogens (tertiary/aromatic N) is 2. The van der Waals surface area contributed by atoms with Gasteiger partial charge in [-0.25, -0.2) is 18.8 Å². The largest absolute Gasteiger partial charge is 0.486 e. The molecule has 3 aromatic carbocycles. The van der Waals surface area contributed by atoms with Crippen LogP contribution in [-0.2, 0) is 21.4 Å². The Labute approximate surface area is 222 Å². The number of amides is 1. The average Bonchev–Trinajstić information content (AvgIpc) is 3.31. The van der Waals surface area contributed by atoms with Crippen LogP contribution in [0.5, 0.6) is 5.75 Å². The number of carbonyl (C=O) groups excluding carboxylic acids is 1. The number of sulfonamides is 1. The van der Waals surface area contributed by atoms with Gasteiger partial charge in [0.05, 0.1) is 22.1 Å². The molecular weight excluding hydrogens is 502 g/mol. The zero-order valence-electron chi connectivity index (χ0n) is 21.5. The van der Waals surface area contributed by atoms with Gasteiger partial charge in [-0.2, -0.15) is 9.82 Å². The topological polar surface area (TPSA) is 126 Å². The summed E-state index contributed by atoms with van der Waals surface area (Å²) >= 11 is 0. The molecule has 0 aliphatic heterocycles. The van der Waals surface area contributed by atoms with Crippen molar-refractivity contribution in [3.63, 3.8) is 0 Å². The van der Waals surface area contributed by atoms with Gasteiger partial charge >= 0.3 is 0 Å². The van der Waals surface area contributed by atoms with E-state index in [9.17, 15) is 13.2 Å². The van der Waals surface area contributed by atoms with Crippen molar-refractivity contribution in [2.75, 3.05) is 0 Å². The van der Waals surface area contributed by atoms with Crippen LogP contribution in [0.15, 0.2) is 82.8 Å². The van der Waals surface area contributed by atoms with E-state index in [-0.39, 0.29) is 10.8 Å². The van der Waals surface area contributed by atoms with Gasteiger partial charge < -0.3 is 9.72 Å². The second-order valence-electron chi connectivity index (χ2n) is 9.41. The van der Waals surface area contributed by atoms with E-state index >= 15 is 0 Å². The van der Waals surface area contributed by atoms with Crippen LogP contribution < -0.4 is 14.9 Å². The Morgan fingerprint density at radius 3 is 2.45 bits per heavy atom. The molecule has 0 aliphatic rings. The van der Waals surface area contributed by atoms with Crippen molar-refractivity contribution >= 4 is 33.2 Å². The third-order valence-corrected chi connectivity index (χ3v) is 7.22. The lowest BCUT2D eigenvalue weighted by Crippen LogP contribution is -2.46. The Hall–Kier alpha value is -4.02. The van der Waals surface area contributed by atoms with Crippen molar-refractivity contribution in [2.45, 2.75) is 44.7 Å². The molecule has 4 aromatic rings. The van der Waals surface area contributed by atoms with E-state index in [0.29, 0.717) is 18.8 Å². The number of H-pyrrole nitrogens is 1. The van der Waals surface area contributed by atoms with Crippen molar-refractivity contribution in [2.24, 2.45) is 11.0 Å². The van der Waals surface area contributed by atoms with Crippen molar-refractivity contribution in [3.8, 4) is 5.75 Å². The summed E-state index contributed by atoms with van der Waals surface area (Å²) in [5, 5.41) is 4.02. The maximum atomic E-state index is 12.8. The summed E-state index contributed by atoms with van der Waals surface area (Å²) in [6, 6.07) is 20.5. The molecule has 1 aromatic heterocycles. The summed E-state index contributed by atoms with van der Waals surface area (Å²) in [6.45, 7) is 6.01. The van der Waals surface area contributed by atoms with Crippen molar-refractivity contribution in [1.82, 2.24) is 20.1 Å². The minimum absolute atomic E-state index is 0.0857. The summed E-state index contributed by atoms with van der Waals surface area (Å²) in [5.74, 6) is 0.946. The van der Waals surface area contributed by atoms with Gasteiger partial charge in [-0.1, -0.05) is 43.7 Å². The van der Waals surface area contributed by atoms with Gasteiger partial charge in [0, 0.05) is 0 Å². The van der Waals surface area contributed by atoms with E-state index in [1.165, 1.54) is 18.3 Å². The molecule has 9 nitrogen and oxygen atoms in total. The number of hydrazone groups is 1. The Morgan fingerprint density at radius 2 is 1.76 bits per heavy atom. The fourth-order valence-corrected chi connectivity index (χ4v) is 4.99. The Balaban J connectivity index is 1.33. The summed E-state index contributed by atoms with van der Waals surface area (Å²) in [5.41, 5.74) is 5.98. The molecule has 0 unspecified atom stereocenters. The first-order chi connectivity index (χ1) is 18.2. The van der Waals surface area contributed by atoms with E-state index in [1.807, 2.05) is 45.0 Å². The van der Waals surface area contributed by atoms with Gasteiger partial charge in [0.2, 0.25) is 10.0 Å². The lowest BCUT2D eigenvalue weighted by molar-refractivity contribution is -0.123. The quantitative estimate of drug-likeness (QED) is 0.196. The molecule has 38 heavy (non-hydrogen) atoms. The van der Waals surface area contributed by atoms with E-state index in [2.05, 4.69) is 25.2 Å². The van der Waals surface area contributed by atoms with E-state index in [4.69, 9.17) is 4.74 Å². The van der Waals surface area contributed by atoms with Crippen LogP contribution in [-0.4, -0.2) is 36.5 Å². The highest BCUT2D eigenvalue weighted by molar-refractivity contribution is 7.89. The molecule has 3 N–H and O–H groups in total. The minimum Gasteiger partial charge on any atom is -0.486 e. The highest BCUT2D eigenvalue weighted by Gasteiger charge is 2.26. The number of carbonyl (C=O) groups is 1. The fourth-order valence-electron chi connectivity index (χ4n) is 3.78. The van der Waals surface area contributed by atoms with Gasteiger partial charge in [0.15, 0.2) is 0 Å². The maximum Gasteiger partial charge on any atom is 0.258 e. The zero-order chi connectivity index (χ0) is 27.1. The molecule has 0 saturated heterocycles. The van der Waals surface area contributed by atoms with Crippen LogP contribution >= 0.6 is 0 Å². The second kappa shape index (κ2) is 12.0. The van der Waals surface area contributed by atoms with Crippen LogP contribution in [0.3, 0.4) is 0 Å². The highest BCUT2D eigenvalue weighted by Crippen LogP contribution is 2.16. The lowest BCUT2D eigenvalue weighted by atomic mass is 10.0. The third-order valence-electron chi connectivity index (χ3n) is 5.73. The number of para-hydroxylation sites is 2. The Morgan fingerprint density at radius 1 is 1.05 bits per heavy atom. The molecular formula is C28H31N5O4S. The smallest absolute Gasteiger partial charge is 0.258 e. The number of benzene rings is 3. The molecule has 198 valence electrons. The number of nitrogens with one attached hydrogen (secondary N) is 3. The molecule has 0 fully saturated rings. The van der Waals surface area contributed by atoms with Crippen LogP contribution in [0, 0.1) is 12.8 Å². The molecule has 1 heterocycles. The molecule has 0 saturated carbocycles. The zero-order valence-corrected chi connectivity index (χ0v) is 22.3. The van der Waals surface area contributed by atoms with Crippen molar-refractivity contribution in [1.29, 1.82) is 0 Å². The molecule has 0 bridgehead atoms. The second-order valence-corrected chi connectivity index (χ2v) is 11.1. The lowest BCUT2D eigenvalue weighted by Gasteiger charge is -2.19. The number of hydrogen-bond acceptors (Lipinski definition) is 6. The van der Waals surface area contributed by atoms with Crippen LogP contribution in [0.4, 0.5) is 0 Å². The number of aromatic nitrogens is 2. The predicted molar refractivity (Wildman–Crippen MR) is 147 cm³/mol. The number of rotatable bonds is 11. The number of imidazole rings is 1. The van der Waals surface area contributed by atoms with E-state index in [1.54, 1.807) is 36.4 Å². The summed E-state index contributed by atoms with van der Waals surface area (Å²) < 4.78 is 33.9. The first-order valence-electron chi connectivity index (χ1n) is 12.3. The number of aromatic amines is 1. The first-order valence-corrected chi connectivity index (χ1v) is 13.8. The Bertz CT molecular complexity index is 1480. The van der Waals surface area contributed by atoms with Crippen LogP contribution in [0.25, 0.3) is 11.0 Å². The summed E-state index contributed by atoms with van der Waals surface area (Å²) in [7, 11) is -3.87. The first kappa shape index (κ1) is 27.0. The monoisotopic (exact) mass is 533 g/mol. The molecule has 10 heteroatoms. The fraction of sp³-hybridized carbons (Fsp3) is 0.250. The van der Waals surface area contributed by atoms with E-state index in [0.717, 1.165) is 28.0 Å². The summed E-state index contributed by atoms with van der Waals surface area (Å²) in [6.07, 6.45) is 1.81. The SMILES string of the molecule is Cc1ccc(S(=O)(=O)N[C@@H](CC(C)C)C(=O)N/N=C\c2ccc(OCc3nc4ccccc4[nH]3)cc2)cc1. The average molecular weight is 534 g/mol. The Kier molecular flexibility index (Phi) is 8.55. The maximum absolute atomic E-state index is 12.8. The number of fused-ring (bicyclic) bond motifs is 1. The summed E-state index contributed by atoms with van der Waals surface area (Å²) in [4.78, 5) is 20.6. The van der Waals surface area contributed by atoms with Gasteiger partial charge in [-0.3, -0.25) is 4.79 Å².